The quantitative estimate of drug-likeness (QED) is 0.149. The van der Waals surface area contributed by atoms with Crippen LogP contribution in [0.5, 0.6) is 0 Å². The first-order valence-electron chi connectivity index (χ1n) is 20.0. The van der Waals surface area contributed by atoms with E-state index in [0.717, 1.165) is 31.5 Å². The summed E-state index contributed by atoms with van der Waals surface area (Å²) in [5.41, 5.74) is 2.59. The van der Waals surface area contributed by atoms with Crippen LogP contribution in [0.4, 0.5) is 4.79 Å². The minimum absolute atomic E-state index is 0. The Morgan fingerprint density at radius 2 is 1.15 bits per heavy atom. The van der Waals surface area contributed by atoms with Crippen molar-refractivity contribution < 1.29 is 38.8 Å². The van der Waals surface area contributed by atoms with E-state index in [4.69, 9.17) is 37.4 Å². The molecule has 4 heterocycles. The van der Waals surface area contributed by atoms with E-state index < -0.39 is 23.1 Å². The summed E-state index contributed by atoms with van der Waals surface area (Å²) in [4.78, 5) is 50.5. The van der Waals surface area contributed by atoms with E-state index in [0.29, 0.717) is 92.9 Å². The van der Waals surface area contributed by atoms with Crippen molar-refractivity contribution in [3.8, 4) is 0 Å². The number of methoxy groups -OCH3 is 2. The number of hydrogen-bond donors (Lipinski definition) is 2. The highest BCUT2D eigenvalue weighted by atomic mass is 35.5. The van der Waals surface area contributed by atoms with Crippen molar-refractivity contribution in [3.05, 3.63) is 128 Å². The minimum Gasteiger partial charge on any atom is -0.465 e. The lowest BCUT2D eigenvalue weighted by Crippen LogP contribution is -2.47. The van der Waals surface area contributed by atoms with Crippen molar-refractivity contribution in [2.75, 3.05) is 54.1 Å². The second kappa shape index (κ2) is 18.9. The molecule has 2 fully saturated rings. The number of fused-ring (bicyclic) bond motifs is 4. The highest BCUT2D eigenvalue weighted by Gasteiger charge is 2.49. The van der Waals surface area contributed by atoms with E-state index in [2.05, 4.69) is 21.9 Å². The summed E-state index contributed by atoms with van der Waals surface area (Å²) in [5.74, 6) is -1.26. The fraction of sp³-hybridized carbons (Fsp3) is 0.383. The molecule has 2 aromatic carbocycles. The van der Waals surface area contributed by atoms with Gasteiger partial charge in [0.05, 0.1) is 43.4 Å². The molecule has 8 rings (SSSR count). The van der Waals surface area contributed by atoms with Gasteiger partial charge in [-0.05, 0) is 124 Å². The van der Waals surface area contributed by atoms with Crippen LogP contribution in [-0.4, -0.2) is 102 Å². The van der Waals surface area contributed by atoms with E-state index in [9.17, 15) is 24.6 Å². The third kappa shape index (κ3) is 8.57. The molecule has 2 aromatic heterocycles. The number of amides is 1. The fourth-order valence-corrected chi connectivity index (χ4v) is 9.42. The molecule has 2 aliphatic heterocycles. The summed E-state index contributed by atoms with van der Waals surface area (Å²) in [6.07, 6.45) is 9.15. The molecule has 0 spiro atoms. The fourth-order valence-electron chi connectivity index (χ4n) is 9.08. The molecule has 0 bridgehead atoms. The van der Waals surface area contributed by atoms with Gasteiger partial charge >= 0.3 is 18.0 Å². The van der Waals surface area contributed by atoms with Crippen molar-refractivity contribution in [1.82, 2.24) is 19.8 Å². The predicted octanol–water partition coefficient (Wildman–Crippen LogP) is 7.84. The highest BCUT2D eigenvalue weighted by molar-refractivity contribution is 6.32. The maximum atomic E-state index is 12.7. The number of pyridine rings is 2. The number of carbonyl (C=O) groups excluding carboxylic acids is 3. The number of halogens is 2. The summed E-state index contributed by atoms with van der Waals surface area (Å²) in [5, 5.41) is 25.5. The SMILES string of the molecule is C.CCOC(=O)N1CCC(C2(O)c3ccc(Cl)cc3C(C(=O)OC)=Cc3cccnc32)CC1.COC(=O)C1=Cc2cccnc2C(O)(C2CCN(C)CC2)c2ccc(Cl)cc21. The van der Waals surface area contributed by atoms with Crippen molar-refractivity contribution in [1.29, 1.82) is 0 Å². The second-order valence-electron chi connectivity index (χ2n) is 15.4. The Kier molecular flexibility index (Phi) is 14.1. The number of nitrogens with zero attached hydrogens (tertiary/aromatic N) is 4. The Hall–Kier alpha value is -5.11. The number of carbonyl (C=O) groups is 3. The average molecular weight is 872 g/mol. The van der Waals surface area contributed by atoms with Gasteiger partial charge in [0.2, 0.25) is 0 Å². The van der Waals surface area contributed by atoms with Crippen LogP contribution in [0.1, 0.15) is 84.8 Å². The molecule has 322 valence electrons. The molecular formula is C47H52Cl2N4O8. The Morgan fingerprint density at radius 1 is 0.721 bits per heavy atom. The molecule has 2 N–H and O–H groups in total. The summed E-state index contributed by atoms with van der Waals surface area (Å²) in [6, 6.07) is 17.7. The first-order valence-corrected chi connectivity index (χ1v) is 20.8. The molecule has 12 nitrogen and oxygen atoms in total. The van der Waals surface area contributed by atoms with Crippen LogP contribution in [0.3, 0.4) is 0 Å². The zero-order chi connectivity index (χ0) is 42.8. The van der Waals surface area contributed by atoms with Gasteiger partial charge < -0.3 is 34.2 Å². The van der Waals surface area contributed by atoms with Gasteiger partial charge in [-0.1, -0.05) is 54.9 Å². The third-order valence-electron chi connectivity index (χ3n) is 12.1. The van der Waals surface area contributed by atoms with Crippen LogP contribution >= 0.6 is 23.2 Å². The van der Waals surface area contributed by atoms with Crippen LogP contribution in [0.15, 0.2) is 73.1 Å². The zero-order valence-electron chi connectivity index (χ0n) is 34.0. The topological polar surface area (TPSA) is 152 Å². The monoisotopic (exact) mass is 870 g/mol. The van der Waals surface area contributed by atoms with E-state index in [1.165, 1.54) is 14.2 Å². The van der Waals surface area contributed by atoms with E-state index in [1.54, 1.807) is 72.8 Å². The smallest absolute Gasteiger partial charge is 0.409 e. The van der Waals surface area contributed by atoms with Crippen LogP contribution in [0.2, 0.25) is 10.0 Å². The summed E-state index contributed by atoms with van der Waals surface area (Å²) >= 11 is 12.6. The van der Waals surface area contributed by atoms with Crippen molar-refractivity contribution in [2.24, 2.45) is 11.8 Å². The van der Waals surface area contributed by atoms with Gasteiger partial charge in [0.15, 0.2) is 0 Å². The normalized spacial score (nSPS) is 21.1. The number of piperidine rings is 2. The molecule has 0 radical (unpaired) electrons. The van der Waals surface area contributed by atoms with Crippen molar-refractivity contribution in [3.63, 3.8) is 0 Å². The maximum absolute atomic E-state index is 12.7. The van der Waals surface area contributed by atoms with Gasteiger partial charge in [-0.15, -0.1) is 0 Å². The Morgan fingerprint density at radius 3 is 1.56 bits per heavy atom. The maximum Gasteiger partial charge on any atom is 0.409 e. The average Bonchev–Trinajstić information content (AvgIpc) is 3.45. The van der Waals surface area contributed by atoms with Gasteiger partial charge in [0.25, 0.3) is 0 Å². The number of aromatic nitrogens is 2. The first-order chi connectivity index (χ1) is 28.8. The van der Waals surface area contributed by atoms with Crippen LogP contribution in [-0.2, 0) is 35.0 Å². The lowest BCUT2D eigenvalue weighted by atomic mass is 9.72. The van der Waals surface area contributed by atoms with Crippen molar-refractivity contribution in [2.45, 2.75) is 51.2 Å². The number of rotatable bonds is 5. The molecule has 2 unspecified atom stereocenters. The van der Waals surface area contributed by atoms with Gasteiger partial charge in [-0.25, -0.2) is 14.4 Å². The van der Waals surface area contributed by atoms with E-state index >= 15 is 0 Å². The number of hydrogen-bond acceptors (Lipinski definition) is 11. The largest absolute Gasteiger partial charge is 0.465 e. The molecule has 2 saturated heterocycles. The summed E-state index contributed by atoms with van der Waals surface area (Å²) in [7, 11) is 4.76. The molecular weight excluding hydrogens is 819 g/mol. The zero-order valence-corrected chi connectivity index (χ0v) is 35.5. The van der Waals surface area contributed by atoms with Gasteiger partial charge in [-0.3, -0.25) is 9.97 Å². The summed E-state index contributed by atoms with van der Waals surface area (Å²) in [6.45, 7) is 4.79. The third-order valence-corrected chi connectivity index (χ3v) is 12.6. The number of likely N-dealkylation sites (tertiary alicyclic amines) is 2. The lowest BCUT2D eigenvalue weighted by Gasteiger charge is -2.42. The number of esters is 2. The van der Waals surface area contributed by atoms with Gasteiger partial charge in [0.1, 0.15) is 11.2 Å². The molecule has 1 amide bonds. The number of benzene rings is 2. The molecule has 14 heteroatoms. The molecule has 2 aliphatic carbocycles. The first kappa shape index (κ1) is 45.4. The van der Waals surface area contributed by atoms with Crippen molar-refractivity contribution >= 4 is 64.5 Å². The standard InChI is InChI=1S/C24H25ClN2O5.C22H23ClN2O3.CH4/c1-3-32-23(29)27-11-8-16(9-12-27)24(30)20-7-6-17(25)14-18(20)19(22(28)31-2)13-15-5-4-10-26-21(15)24;1-25-10-7-15(8-11-25)22(27)19-6-5-16(23)13-17(19)18(21(26)28-2)12-14-4-3-9-24-20(14)22;/h4-7,10,13-14,16,30H,3,8-9,11-12H2,1-2H3;3-6,9,12-13,15,27H,7-8,10-11H2,1-2H3;1H4. The highest BCUT2D eigenvalue weighted by Crippen LogP contribution is 2.49. The predicted molar refractivity (Wildman–Crippen MR) is 235 cm³/mol. The van der Waals surface area contributed by atoms with E-state index in [1.807, 2.05) is 24.3 Å². The van der Waals surface area contributed by atoms with Gasteiger partial charge in [0, 0.05) is 58.5 Å². The second-order valence-corrected chi connectivity index (χ2v) is 16.3. The Balaban J connectivity index is 0.000000202. The number of aliphatic hydroxyl groups is 2. The van der Waals surface area contributed by atoms with Crippen LogP contribution < -0.4 is 0 Å². The lowest BCUT2D eigenvalue weighted by molar-refractivity contribution is -0.134. The van der Waals surface area contributed by atoms with Crippen LogP contribution in [0, 0.1) is 11.8 Å². The molecule has 0 saturated carbocycles. The molecule has 4 aromatic rings. The summed E-state index contributed by atoms with van der Waals surface area (Å²) < 4.78 is 15.2. The number of ether oxygens (including phenoxy) is 3. The van der Waals surface area contributed by atoms with Crippen LogP contribution in [0.25, 0.3) is 23.3 Å². The van der Waals surface area contributed by atoms with E-state index in [-0.39, 0.29) is 25.4 Å². The molecule has 4 aliphatic rings. The Labute approximate surface area is 366 Å². The molecule has 2 atom stereocenters. The molecule has 61 heavy (non-hydrogen) atoms. The Bertz CT molecular complexity index is 2350. The minimum atomic E-state index is -1.48. The van der Waals surface area contributed by atoms with Gasteiger partial charge in [-0.2, -0.15) is 0 Å².